The molecule has 2 aromatic rings. The Labute approximate surface area is 131 Å². The van der Waals surface area contributed by atoms with Gasteiger partial charge in [0.25, 0.3) is 0 Å². The molecule has 0 aliphatic rings. The molecule has 7 heteroatoms. The second kappa shape index (κ2) is 7.33. The van der Waals surface area contributed by atoms with Crippen LogP contribution in [0.2, 0.25) is 0 Å². The highest BCUT2D eigenvalue weighted by Gasteiger charge is 2.16. The lowest BCUT2D eigenvalue weighted by molar-refractivity contribution is 0.243. The van der Waals surface area contributed by atoms with E-state index in [0.29, 0.717) is 6.54 Å². The fourth-order valence-electron chi connectivity index (χ4n) is 2.01. The molecule has 22 heavy (non-hydrogen) atoms. The van der Waals surface area contributed by atoms with Crippen LogP contribution in [0.25, 0.3) is 0 Å². The van der Waals surface area contributed by atoms with Crippen molar-refractivity contribution >= 4 is 23.1 Å². The van der Waals surface area contributed by atoms with E-state index in [-0.39, 0.29) is 11.7 Å². The first-order chi connectivity index (χ1) is 10.5. The molecule has 1 aromatic carbocycles. The standard InChI is InChI=1S/C15H17F2N3OS/c1-20(2)14(10-5-6-22-9-10)8-18-15(21)19-13-7-11(16)3-4-12(13)17/h3-7,9,14H,8H2,1-2H3,(H2,18,19,21)/t14-/m0/s1. The molecule has 0 saturated heterocycles. The zero-order valence-electron chi connectivity index (χ0n) is 12.3. The Morgan fingerprint density at radius 3 is 2.73 bits per heavy atom. The van der Waals surface area contributed by atoms with E-state index >= 15 is 0 Å². The normalized spacial score (nSPS) is 12.2. The fraction of sp³-hybridized carbons (Fsp3) is 0.267. The van der Waals surface area contributed by atoms with Crippen LogP contribution in [0, 0.1) is 11.6 Å². The fourth-order valence-corrected chi connectivity index (χ4v) is 2.72. The average Bonchev–Trinajstić information content (AvgIpc) is 2.96. The van der Waals surface area contributed by atoms with Gasteiger partial charge in [-0.25, -0.2) is 13.6 Å². The maximum Gasteiger partial charge on any atom is 0.319 e. The summed E-state index contributed by atoms with van der Waals surface area (Å²) in [7, 11) is 3.82. The first-order valence-electron chi connectivity index (χ1n) is 6.66. The van der Waals surface area contributed by atoms with Crippen LogP contribution < -0.4 is 10.6 Å². The van der Waals surface area contributed by atoms with E-state index in [2.05, 4.69) is 10.6 Å². The minimum atomic E-state index is -0.682. The van der Waals surface area contributed by atoms with E-state index in [0.717, 1.165) is 23.8 Å². The highest BCUT2D eigenvalue weighted by Crippen LogP contribution is 2.20. The quantitative estimate of drug-likeness (QED) is 0.884. The Morgan fingerprint density at radius 1 is 1.32 bits per heavy atom. The van der Waals surface area contributed by atoms with E-state index in [1.807, 2.05) is 35.8 Å². The average molecular weight is 325 g/mol. The number of hydrogen-bond acceptors (Lipinski definition) is 3. The summed E-state index contributed by atoms with van der Waals surface area (Å²) in [5, 5.41) is 8.96. The van der Waals surface area contributed by atoms with E-state index in [9.17, 15) is 13.6 Å². The van der Waals surface area contributed by atoms with Gasteiger partial charge in [-0.2, -0.15) is 11.3 Å². The summed E-state index contributed by atoms with van der Waals surface area (Å²) in [6.07, 6.45) is 0. The first kappa shape index (κ1) is 16.4. The summed E-state index contributed by atoms with van der Waals surface area (Å²) in [4.78, 5) is 13.8. The Morgan fingerprint density at radius 2 is 2.09 bits per heavy atom. The molecule has 0 fully saturated rings. The topological polar surface area (TPSA) is 44.4 Å². The predicted octanol–water partition coefficient (Wildman–Crippen LogP) is 3.45. The van der Waals surface area contributed by atoms with Gasteiger partial charge >= 0.3 is 6.03 Å². The third-order valence-electron chi connectivity index (χ3n) is 3.18. The summed E-state index contributed by atoms with van der Waals surface area (Å²) in [5.41, 5.74) is 0.904. The monoisotopic (exact) mass is 325 g/mol. The maximum absolute atomic E-state index is 13.5. The largest absolute Gasteiger partial charge is 0.336 e. The molecule has 4 nitrogen and oxygen atoms in total. The number of carbonyl (C=O) groups is 1. The number of rotatable bonds is 5. The van der Waals surface area contributed by atoms with E-state index in [1.54, 1.807) is 11.3 Å². The smallest absolute Gasteiger partial charge is 0.319 e. The van der Waals surface area contributed by atoms with Gasteiger partial charge in [-0.1, -0.05) is 0 Å². The van der Waals surface area contributed by atoms with Crippen molar-refractivity contribution < 1.29 is 13.6 Å². The second-order valence-electron chi connectivity index (χ2n) is 5.00. The minimum Gasteiger partial charge on any atom is -0.336 e. The SMILES string of the molecule is CN(C)[C@@H](CNC(=O)Nc1cc(F)ccc1F)c1ccsc1. The molecule has 1 heterocycles. The molecule has 0 radical (unpaired) electrons. The van der Waals surface area contributed by atoms with E-state index in [4.69, 9.17) is 0 Å². The van der Waals surface area contributed by atoms with Crippen molar-refractivity contribution in [2.75, 3.05) is 26.0 Å². The van der Waals surface area contributed by atoms with Gasteiger partial charge in [0.1, 0.15) is 11.6 Å². The van der Waals surface area contributed by atoms with Gasteiger partial charge in [0.2, 0.25) is 0 Å². The van der Waals surface area contributed by atoms with Gasteiger partial charge in [0, 0.05) is 12.6 Å². The molecule has 1 atom stereocenters. The van der Waals surface area contributed by atoms with Crippen LogP contribution in [0.4, 0.5) is 19.3 Å². The van der Waals surface area contributed by atoms with Gasteiger partial charge < -0.3 is 15.5 Å². The van der Waals surface area contributed by atoms with Crippen LogP contribution in [0.3, 0.4) is 0 Å². The maximum atomic E-state index is 13.5. The summed E-state index contributed by atoms with van der Waals surface area (Å²) in [6.45, 7) is 0.354. The van der Waals surface area contributed by atoms with Crippen molar-refractivity contribution in [3.8, 4) is 0 Å². The lowest BCUT2D eigenvalue weighted by Crippen LogP contribution is -2.36. The number of nitrogens with zero attached hydrogens (tertiary/aromatic N) is 1. The number of amides is 2. The molecule has 1 aromatic heterocycles. The number of likely N-dealkylation sites (N-methyl/N-ethyl adjacent to an activating group) is 1. The molecular weight excluding hydrogens is 308 g/mol. The molecule has 118 valence electrons. The summed E-state index contributed by atoms with van der Waals surface area (Å²) >= 11 is 1.58. The summed E-state index contributed by atoms with van der Waals surface area (Å²) in [5.74, 6) is -1.29. The lowest BCUT2D eigenvalue weighted by atomic mass is 10.1. The predicted molar refractivity (Wildman–Crippen MR) is 84.1 cm³/mol. The Balaban J connectivity index is 1.95. The van der Waals surface area contributed by atoms with Gasteiger partial charge in [0.05, 0.1) is 11.7 Å². The highest BCUT2D eigenvalue weighted by molar-refractivity contribution is 7.07. The number of urea groups is 1. The molecule has 2 rings (SSSR count). The van der Waals surface area contributed by atoms with Gasteiger partial charge in [-0.05, 0) is 48.6 Å². The number of anilines is 1. The molecule has 0 aliphatic carbocycles. The van der Waals surface area contributed by atoms with E-state index in [1.165, 1.54) is 0 Å². The van der Waals surface area contributed by atoms with Gasteiger partial charge in [0.15, 0.2) is 0 Å². The van der Waals surface area contributed by atoms with Crippen molar-refractivity contribution in [1.82, 2.24) is 10.2 Å². The van der Waals surface area contributed by atoms with Gasteiger partial charge in [-0.15, -0.1) is 0 Å². The second-order valence-corrected chi connectivity index (χ2v) is 5.78. The molecule has 0 spiro atoms. The minimum absolute atomic E-state index is 0.00866. The van der Waals surface area contributed by atoms with Crippen LogP contribution in [0.1, 0.15) is 11.6 Å². The van der Waals surface area contributed by atoms with Gasteiger partial charge in [-0.3, -0.25) is 0 Å². The van der Waals surface area contributed by atoms with Crippen LogP contribution in [0.15, 0.2) is 35.0 Å². The zero-order chi connectivity index (χ0) is 16.1. The number of thiophene rings is 1. The van der Waals surface area contributed by atoms with Crippen LogP contribution in [-0.2, 0) is 0 Å². The Hall–Kier alpha value is -1.99. The van der Waals surface area contributed by atoms with Crippen molar-refractivity contribution in [1.29, 1.82) is 0 Å². The van der Waals surface area contributed by atoms with E-state index < -0.39 is 17.7 Å². The summed E-state index contributed by atoms with van der Waals surface area (Å²) in [6, 6.07) is 4.33. The lowest BCUT2D eigenvalue weighted by Gasteiger charge is -2.24. The van der Waals surface area contributed by atoms with Crippen molar-refractivity contribution in [3.63, 3.8) is 0 Å². The zero-order valence-corrected chi connectivity index (χ0v) is 13.1. The third-order valence-corrected chi connectivity index (χ3v) is 3.89. The van der Waals surface area contributed by atoms with Crippen LogP contribution >= 0.6 is 11.3 Å². The molecule has 0 aliphatic heterocycles. The number of benzene rings is 1. The molecule has 0 unspecified atom stereocenters. The van der Waals surface area contributed by atoms with Crippen molar-refractivity contribution in [2.45, 2.75) is 6.04 Å². The summed E-state index contributed by atoms with van der Waals surface area (Å²) < 4.78 is 26.5. The third kappa shape index (κ3) is 4.25. The Bertz CT molecular complexity index is 632. The number of carbonyl (C=O) groups excluding carboxylic acids is 1. The first-order valence-corrected chi connectivity index (χ1v) is 7.60. The molecule has 2 amide bonds. The number of halogens is 2. The molecule has 2 N–H and O–H groups in total. The number of hydrogen-bond donors (Lipinski definition) is 2. The molecular formula is C15H17F2N3OS. The van der Waals surface area contributed by atoms with Crippen molar-refractivity contribution in [2.24, 2.45) is 0 Å². The Kier molecular flexibility index (Phi) is 5.46. The van der Waals surface area contributed by atoms with Crippen LogP contribution in [-0.4, -0.2) is 31.6 Å². The highest BCUT2D eigenvalue weighted by atomic mass is 32.1. The molecule has 0 saturated carbocycles. The van der Waals surface area contributed by atoms with Crippen molar-refractivity contribution in [3.05, 3.63) is 52.2 Å². The number of nitrogens with one attached hydrogen (secondary N) is 2. The molecule has 0 bridgehead atoms. The van der Waals surface area contributed by atoms with Crippen LogP contribution in [0.5, 0.6) is 0 Å².